The van der Waals surface area contributed by atoms with Gasteiger partial charge < -0.3 is 10.1 Å². The number of amides is 1. The average Bonchev–Trinajstić information content (AvgIpc) is 2.94. The molecule has 1 aliphatic heterocycles. The fourth-order valence-electron chi connectivity index (χ4n) is 2.19. The normalized spacial score (nSPS) is 21.9. The van der Waals surface area contributed by atoms with E-state index in [0.717, 1.165) is 17.3 Å². The summed E-state index contributed by atoms with van der Waals surface area (Å²) < 4.78 is 6.01. The summed E-state index contributed by atoms with van der Waals surface area (Å²) in [6, 6.07) is 8.11. The highest BCUT2D eigenvalue weighted by atomic mass is 79.9. The van der Waals surface area contributed by atoms with Crippen LogP contribution < -0.4 is 16.2 Å². The first kappa shape index (κ1) is 15.4. The summed E-state index contributed by atoms with van der Waals surface area (Å²) in [7, 11) is 1.66. The zero-order chi connectivity index (χ0) is 14.4. The number of halogens is 1. The molecule has 0 spiro atoms. The van der Waals surface area contributed by atoms with Crippen molar-refractivity contribution in [3.8, 4) is 0 Å². The SMILES string of the molecule is COCCCNC(=O)C1CC(c2ccc(Br)cc2)NN1. The minimum atomic E-state index is -0.189. The van der Waals surface area contributed by atoms with Gasteiger partial charge in [0.15, 0.2) is 0 Å². The number of hydrazine groups is 1. The summed E-state index contributed by atoms with van der Waals surface area (Å²) in [5.74, 6) is 0.0354. The quantitative estimate of drug-likeness (QED) is 0.686. The van der Waals surface area contributed by atoms with Gasteiger partial charge in [-0.3, -0.25) is 4.79 Å². The Bertz CT molecular complexity index is 439. The van der Waals surface area contributed by atoms with E-state index in [1.54, 1.807) is 7.11 Å². The lowest BCUT2D eigenvalue weighted by Crippen LogP contribution is -2.43. The Labute approximate surface area is 127 Å². The highest BCUT2D eigenvalue weighted by Gasteiger charge is 2.29. The molecule has 0 bridgehead atoms. The van der Waals surface area contributed by atoms with Gasteiger partial charge in [0.1, 0.15) is 6.04 Å². The number of nitrogens with one attached hydrogen (secondary N) is 3. The second-order valence-electron chi connectivity index (χ2n) is 4.82. The Balaban J connectivity index is 1.79. The first-order valence-corrected chi connectivity index (χ1v) is 7.53. The lowest BCUT2D eigenvalue weighted by atomic mass is 10.0. The van der Waals surface area contributed by atoms with Crippen LogP contribution in [0.3, 0.4) is 0 Å². The van der Waals surface area contributed by atoms with Gasteiger partial charge in [0.05, 0.1) is 0 Å². The highest BCUT2D eigenvalue weighted by molar-refractivity contribution is 9.10. The summed E-state index contributed by atoms with van der Waals surface area (Å²) in [4.78, 5) is 12.0. The van der Waals surface area contributed by atoms with Gasteiger partial charge in [-0.1, -0.05) is 28.1 Å². The van der Waals surface area contributed by atoms with Crippen LogP contribution >= 0.6 is 15.9 Å². The summed E-state index contributed by atoms with van der Waals surface area (Å²) in [5, 5.41) is 2.91. The predicted molar refractivity (Wildman–Crippen MR) is 81.1 cm³/mol. The van der Waals surface area contributed by atoms with Gasteiger partial charge in [-0.25, -0.2) is 10.9 Å². The van der Waals surface area contributed by atoms with E-state index in [9.17, 15) is 4.79 Å². The predicted octanol–water partition coefficient (Wildman–Crippen LogP) is 1.51. The van der Waals surface area contributed by atoms with Gasteiger partial charge in [-0.15, -0.1) is 0 Å². The smallest absolute Gasteiger partial charge is 0.238 e. The molecule has 1 aromatic carbocycles. The van der Waals surface area contributed by atoms with E-state index in [1.165, 1.54) is 5.56 Å². The maximum Gasteiger partial charge on any atom is 0.238 e. The summed E-state index contributed by atoms with van der Waals surface area (Å²) in [6.07, 6.45) is 1.58. The van der Waals surface area contributed by atoms with Crippen molar-refractivity contribution in [2.45, 2.75) is 24.9 Å². The van der Waals surface area contributed by atoms with E-state index >= 15 is 0 Å². The number of benzene rings is 1. The Morgan fingerprint density at radius 3 is 2.85 bits per heavy atom. The third-order valence-corrected chi connectivity index (χ3v) is 3.85. The van der Waals surface area contributed by atoms with E-state index in [-0.39, 0.29) is 18.0 Å². The monoisotopic (exact) mass is 341 g/mol. The van der Waals surface area contributed by atoms with Crippen LogP contribution in [-0.2, 0) is 9.53 Å². The number of rotatable bonds is 6. The molecule has 6 heteroatoms. The first-order valence-electron chi connectivity index (χ1n) is 6.74. The molecule has 20 heavy (non-hydrogen) atoms. The third kappa shape index (κ3) is 4.28. The molecule has 0 saturated carbocycles. The van der Waals surface area contributed by atoms with Crippen LogP contribution in [0.1, 0.15) is 24.4 Å². The standard InChI is InChI=1S/C14H20BrN3O2/c1-20-8-2-7-16-14(19)13-9-12(17-18-13)10-3-5-11(15)6-4-10/h3-6,12-13,17-18H,2,7-9H2,1H3,(H,16,19). The summed E-state index contributed by atoms with van der Waals surface area (Å²) in [6.45, 7) is 1.31. The molecule has 2 rings (SSSR count). The number of carbonyl (C=O) groups excluding carboxylic acids is 1. The fraction of sp³-hybridized carbons (Fsp3) is 0.500. The van der Waals surface area contributed by atoms with Crippen molar-refractivity contribution in [1.29, 1.82) is 0 Å². The largest absolute Gasteiger partial charge is 0.385 e. The number of hydrogen-bond acceptors (Lipinski definition) is 4. The Morgan fingerprint density at radius 1 is 1.40 bits per heavy atom. The van der Waals surface area contributed by atoms with Crippen LogP contribution in [-0.4, -0.2) is 32.2 Å². The van der Waals surface area contributed by atoms with Crippen molar-refractivity contribution in [3.63, 3.8) is 0 Å². The summed E-state index contributed by atoms with van der Waals surface area (Å²) in [5.41, 5.74) is 7.41. The molecule has 1 amide bonds. The number of methoxy groups -OCH3 is 1. The molecule has 1 fully saturated rings. The molecule has 2 unspecified atom stereocenters. The third-order valence-electron chi connectivity index (χ3n) is 3.32. The molecule has 1 saturated heterocycles. The van der Waals surface area contributed by atoms with Crippen molar-refractivity contribution >= 4 is 21.8 Å². The van der Waals surface area contributed by atoms with Crippen molar-refractivity contribution in [1.82, 2.24) is 16.2 Å². The van der Waals surface area contributed by atoms with Gasteiger partial charge in [0.25, 0.3) is 0 Å². The van der Waals surface area contributed by atoms with Crippen molar-refractivity contribution < 1.29 is 9.53 Å². The molecule has 2 atom stereocenters. The second kappa shape index (κ2) is 7.73. The second-order valence-corrected chi connectivity index (χ2v) is 5.73. The van der Waals surface area contributed by atoms with E-state index in [0.29, 0.717) is 13.2 Å². The van der Waals surface area contributed by atoms with E-state index in [1.807, 2.05) is 12.1 Å². The van der Waals surface area contributed by atoms with Crippen molar-refractivity contribution in [2.24, 2.45) is 0 Å². The van der Waals surface area contributed by atoms with Crippen molar-refractivity contribution in [2.75, 3.05) is 20.3 Å². The van der Waals surface area contributed by atoms with Gasteiger partial charge >= 0.3 is 0 Å². The maximum atomic E-state index is 12.0. The Kier molecular flexibility index (Phi) is 5.97. The van der Waals surface area contributed by atoms with E-state index in [2.05, 4.69) is 44.2 Å². The minimum Gasteiger partial charge on any atom is -0.385 e. The highest BCUT2D eigenvalue weighted by Crippen LogP contribution is 2.23. The van der Waals surface area contributed by atoms with Crippen LogP contribution in [0, 0.1) is 0 Å². The molecule has 1 heterocycles. The maximum absolute atomic E-state index is 12.0. The lowest BCUT2D eigenvalue weighted by molar-refractivity contribution is -0.122. The Morgan fingerprint density at radius 2 is 2.15 bits per heavy atom. The number of ether oxygens (including phenoxy) is 1. The lowest BCUT2D eigenvalue weighted by Gasteiger charge is -2.10. The van der Waals surface area contributed by atoms with Gasteiger partial charge in [-0.05, 0) is 30.5 Å². The number of hydrogen-bond donors (Lipinski definition) is 3. The van der Waals surface area contributed by atoms with Crippen LogP contribution in [0.2, 0.25) is 0 Å². The molecule has 3 N–H and O–H groups in total. The topological polar surface area (TPSA) is 62.4 Å². The van der Waals surface area contributed by atoms with E-state index in [4.69, 9.17) is 4.74 Å². The fourth-order valence-corrected chi connectivity index (χ4v) is 2.46. The van der Waals surface area contributed by atoms with Gasteiger partial charge in [0, 0.05) is 30.8 Å². The molecular weight excluding hydrogens is 322 g/mol. The molecule has 1 aromatic rings. The molecule has 110 valence electrons. The van der Waals surface area contributed by atoms with Crippen LogP contribution in [0.4, 0.5) is 0 Å². The van der Waals surface area contributed by atoms with Crippen LogP contribution in [0.15, 0.2) is 28.7 Å². The Hall–Kier alpha value is -0.950. The van der Waals surface area contributed by atoms with Crippen molar-refractivity contribution in [3.05, 3.63) is 34.3 Å². The number of carbonyl (C=O) groups is 1. The van der Waals surface area contributed by atoms with Crippen LogP contribution in [0.25, 0.3) is 0 Å². The molecule has 0 radical (unpaired) electrons. The molecule has 5 nitrogen and oxygen atoms in total. The van der Waals surface area contributed by atoms with Gasteiger partial charge in [-0.2, -0.15) is 0 Å². The average molecular weight is 342 g/mol. The van der Waals surface area contributed by atoms with Gasteiger partial charge in [0.2, 0.25) is 5.91 Å². The molecule has 0 aromatic heterocycles. The molecule has 1 aliphatic rings. The first-order chi connectivity index (χ1) is 9.70. The molecular formula is C14H20BrN3O2. The van der Waals surface area contributed by atoms with E-state index < -0.39 is 0 Å². The minimum absolute atomic E-state index is 0.0354. The summed E-state index contributed by atoms with van der Waals surface area (Å²) >= 11 is 3.42. The van der Waals surface area contributed by atoms with Crippen LogP contribution in [0.5, 0.6) is 0 Å². The molecule has 0 aliphatic carbocycles. The zero-order valence-corrected chi connectivity index (χ0v) is 13.1. The zero-order valence-electron chi connectivity index (χ0n) is 11.5.